The predicted octanol–water partition coefficient (Wildman–Crippen LogP) is 10.7. The summed E-state index contributed by atoms with van der Waals surface area (Å²) in [6.07, 6.45) is 14.3. The quantitative estimate of drug-likeness (QED) is 0.0315. The van der Waals surface area contributed by atoms with Gasteiger partial charge in [0.25, 0.3) is 17.7 Å². The van der Waals surface area contributed by atoms with Gasteiger partial charge in [0.1, 0.15) is 0 Å². The van der Waals surface area contributed by atoms with Crippen molar-refractivity contribution in [1.29, 1.82) is 0 Å². The highest BCUT2D eigenvalue weighted by Crippen LogP contribution is 2.47. The molecule has 0 aliphatic heterocycles. The van der Waals surface area contributed by atoms with E-state index in [2.05, 4.69) is 57.5 Å². The van der Waals surface area contributed by atoms with Crippen LogP contribution in [0.4, 0.5) is 0 Å². The molecule has 348 valence electrons. The van der Waals surface area contributed by atoms with E-state index in [0.717, 1.165) is 129 Å². The maximum Gasteiger partial charge on any atom is 0.257 e. The average Bonchev–Trinajstić information content (AvgIpc) is 3.28. The van der Waals surface area contributed by atoms with Gasteiger partial charge in [-0.1, -0.05) is 99.3 Å². The molecule has 4 aromatic rings. The van der Waals surface area contributed by atoms with Crippen LogP contribution in [0.15, 0.2) is 36.4 Å². The van der Waals surface area contributed by atoms with Crippen LogP contribution < -0.4 is 44.4 Å². The summed E-state index contributed by atoms with van der Waals surface area (Å²) in [5.41, 5.74) is 0. The first kappa shape index (κ1) is 50.5. The smallest absolute Gasteiger partial charge is 0.257 e. The van der Waals surface area contributed by atoms with E-state index in [9.17, 15) is 14.4 Å². The number of benzene rings is 4. The first-order valence-electron chi connectivity index (χ1n) is 23.9. The second-order valence-corrected chi connectivity index (χ2v) is 16.2. The van der Waals surface area contributed by atoms with Crippen LogP contribution in [-0.2, 0) is 14.4 Å². The fraction of sp³-hybridized carbons (Fsp3) is 0.588. The van der Waals surface area contributed by atoms with Crippen molar-refractivity contribution < 1.29 is 42.8 Å². The zero-order valence-corrected chi connectivity index (χ0v) is 39.1. The van der Waals surface area contributed by atoms with Crippen molar-refractivity contribution in [3.05, 3.63) is 36.4 Å². The van der Waals surface area contributed by atoms with E-state index in [0.29, 0.717) is 74.0 Å². The van der Waals surface area contributed by atoms with Crippen LogP contribution in [0.2, 0.25) is 0 Å². The lowest BCUT2D eigenvalue weighted by Crippen LogP contribution is -2.29. The predicted molar refractivity (Wildman–Crippen MR) is 254 cm³/mol. The maximum atomic E-state index is 12.9. The number of unbranched alkanes of at least 4 members (excludes halogenated alkanes) is 9. The van der Waals surface area contributed by atoms with Crippen molar-refractivity contribution in [1.82, 2.24) is 16.0 Å². The normalized spacial score (nSPS) is 11.1. The van der Waals surface area contributed by atoms with Gasteiger partial charge in [-0.05, 0) is 107 Å². The van der Waals surface area contributed by atoms with Gasteiger partial charge in [0.15, 0.2) is 54.3 Å². The lowest BCUT2D eigenvalue weighted by molar-refractivity contribution is -0.123. The number of hydrogen-bond acceptors (Lipinski definition) is 9. The molecule has 4 aromatic carbocycles. The molecule has 0 radical (unpaired) electrons. The Balaban J connectivity index is 2.00. The van der Waals surface area contributed by atoms with Crippen molar-refractivity contribution in [2.24, 2.45) is 0 Å². The summed E-state index contributed by atoms with van der Waals surface area (Å²) in [6.45, 7) is 15.3. The van der Waals surface area contributed by atoms with Crippen LogP contribution in [0, 0.1) is 0 Å². The molecule has 12 heteroatoms. The number of fused-ring (bicyclic) bond motifs is 6. The summed E-state index contributed by atoms with van der Waals surface area (Å²) in [5, 5.41) is 13.8. The number of carbonyl (C=O) groups is 3. The number of amides is 3. The summed E-state index contributed by atoms with van der Waals surface area (Å²) < 4.78 is 38.2. The molecule has 4 rings (SSSR count). The molecule has 3 N–H and O–H groups in total. The second-order valence-electron chi connectivity index (χ2n) is 16.2. The third-order valence-corrected chi connectivity index (χ3v) is 10.8. The Labute approximate surface area is 375 Å². The molecule has 0 spiro atoms. The van der Waals surface area contributed by atoms with E-state index in [1.165, 1.54) is 0 Å². The van der Waals surface area contributed by atoms with Crippen molar-refractivity contribution in [2.75, 3.05) is 59.3 Å². The van der Waals surface area contributed by atoms with Crippen molar-refractivity contribution in [3.63, 3.8) is 0 Å². The van der Waals surface area contributed by atoms with Gasteiger partial charge in [-0.3, -0.25) is 14.4 Å². The van der Waals surface area contributed by atoms with E-state index >= 15 is 0 Å². The highest BCUT2D eigenvalue weighted by atomic mass is 16.5. The van der Waals surface area contributed by atoms with Crippen LogP contribution in [0.5, 0.6) is 34.5 Å². The third-order valence-electron chi connectivity index (χ3n) is 10.8. The van der Waals surface area contributed by atoms with Crippen LogP contribution in [-0.4, -0.2) is 77.0 Å². The van der Waals surface area contributed by atoms with Crippen LogP contribution in [0.3, 0.4) is 0 Å². The zero-order chi connectivity index (χ0) is 45.2. The molecule has 0 saturated carbocycles. The van der Waals surface area contributed by atoms with E-state index in [4.69, 9.17) is 28.4 Å². The van der Waals surface area contributed by atoms with Gasteiger partial charge in [0.2, 0.25) is 0 Å². The fourth-order valence-electron chi connectivity index (χ4n) is 7.09. The van der Waals surface area contributed by atoms with Crippen molar-refractivity contribution >= 4 is 50.0 Å². The number of rotatable bonds is 33. The minimum Gasteiger partial charge on any atom is -0.490 e. The Morgan fingerprint density at radius 1 is 0.333 bits per heavy atom. The highest BCUT2D eigenvalue weighted by Gasteiger charge is 2.22. The Hall–Kier alpha value is -5.13. The number of hydrogen-bond donors (Lipinski definition) is 3. The molecule has 3 amide bonds. The van der Waals surface area contributed by atoms with Crippen molar-refractivity contribution in [2.45, 2.75) is 138 Å². The zero-order valence-electron chi connectivity index (χ0n) is 39.1. The highest BCUT2D eigenvalue weighted by molar-refractivity contribution is 6.27. The molecule has 0 aliphatic rings. The largest absolute Gasteiger partial charge is 0.490 e. The second kappa shape index (κ2) is 28.5. The van der Waals surface area contributed by atoms with Gasteiger partial charge in [-0.15, -0.1) is 0 Å². The van der Waals surface area contributed by atoms with E-state index in [1.807, 2.05) is 36.4 Å². The molecule has 0 heterocycles. The monoisotopic (exact) mass is 874 g/mol. The van der Waals surface area contributed by atoms with Gasteiger partial charge in [-0.2, -0.15) is 0 Å². The Morgan fingerprint density at radius 2 is 0.556 bits per heavy atom. The first-order valence-corrected chi connectivity index (χ1v) is 23.9. The van der Waals surface area contributed by atoms with E-state index in [1.54, 1.807) is 0 Å². The minimum absolute atomic E-state index is 0.168. The van der Waals surface area contributed by atoms with Gasteiger partial charge in [-0.25, -0.2) is 0 Å². The number of carbonyl (C=O) groups excluding carboxylic acids is 3. The van der Waals surface area contributed by atoms with E-state index < -0.39 is 0 Å². The lowest BCUT2D eigenvalue weighted by Gasteiger charge is -2.20. The summed E-state index contributed by atoms with van der Waals surface area (Å²) in [5.74, 6) is 2.24. The average molecular weight is 874 g/mol. The molecule has 0 aliphatic carbocycles. The summed E-state index contributed by atoms with van der Waals surface area (Å²) in [6, 6.07) is 11.7. The minimum atomic E-state index is -0.214. The topological polar surface area (TPSA) is 143 Å². The van der Waals surface area contributed by atoms with Gasteiger partial charge in [0, 0.05) is 19.6 Å². The maximum absolute atomic E-state index is 12.9. The Morgan fingerprint density at radius 3 is 0.778 bits per heavy atom. The Kier molecular flexibility index (Phi) is 22.9. The van der Waals surface area contributed by atoms with Gasteiger partial charge < -0.3 is 44.4 Å². The van der Waals surface area contributed by atoms with Gasteiger partial charge in [0.05, 0.1) is 19.8 Å². The molecular formula is C51H75N3O9. The third kappa shape index (κ3) is 16.2. The lowest BCUT2D eigenvalue weighted by atomic mass is 9.93. The number of nitrogens with one attached hydrogen (secondary N) is 3. The van der Waals surface area contributed by atoms with E-state index in [-0.39, 0.29) is 37.5 Å². The molecule has 0 atom stereocenters. The van der Waals surface area contributed by atoms with Gasteiger partial charge >= 0.3 is 0 Å². The summed E-state index contributed by atoms with van der Waals surface area (Å²) in [7, 11) is 0. The molecule has 0 bridgehead atoms. The first-order chi connectivity index (χ1) is 30.8. The fourth-order valence-corrected chi connectivity index (χ4v) is 7.09. The molecular weight excluding hydrogens is 799 g/mol. The molecule has 12 nitrogen and oxygen atoms in total. The standard InChI is InChI=1S/C51H75N3O9/c1-7-13-19-25-58-43-28-37-38-29-44(59-26-20-14-8-2)47(62-35-50(56)53-23-17-11-5)32-41(38)42-33-48(63-36-51(57)54-24-18-12-6)45(60-27-21-15-9-3)30-39(42)40(37)31-46(43)61-34-49(55)52-22-16-10-4/h28-33H,7-27,34-36H2,1-6H3,(H,52,55)(H,53,56)(H,54,57). The summed E-state index contributed by atoms with van der Waals surface area (Å²) >= 11 is 0. The molecule has 63 heavy (non-hydrogen) atoms. The summed E-state index contributed by atoms with van der Waals surface area (Å²) in [4.78, 5) is 38.8. The number of ether oxygens (including phenoxy) is 6. The van der Waals surface area contributed by atoms with Crippen molar-refractivity contribution in [3.8, 4) is 34.5 Å². The van der Waals surface area contributed by atoms with Crippen LogP contribution >= 0.6 is 0 Å². The van der Waals surface area contributed by atoms with Crippen LogP contribution in [0.1, 0.15) is 138 Å². The molecule has 0 saturated heterocycles. The van der Waals surface area contributed by atoms with Crippen LogP contribution in [0.25, 0.3) is 32.3 Å². The molecule has 0 fully saturated rings. The Bertz CT molecular complexity index is 2040. The SMILES string of the molecule is CCCCCOc1cc2c3cc(OCCCCC)c(OCC(=O)NCCCC)cc3c3cc(OCC(=O)NCCCC)c(OCCCCC)cc3c2cc1OCC(=O)NCCCC. The molecule has 0 unspecified atom stereocenters. The molecule has 0 aromatic heterocycles.